The lowest BCUT2D eigenvalue weighted by molar-refractivity contribution is 0.0999. The summed E-state index contributed by atoms with van der Waals surface area (Å²) in [4.78, 5) is 28.4. The molecule has 122 valence electrons. The van der Waals surface area contributed by atoms with Gasteiger partial charge in [0.1, 0.15) is 5.82 Å². The van der Waals surface area contributed by atoms with Crippen LogP contribution in [0.5, 0.6) is 0 Å². The fourth-order valence-electron chi connectivity index (χ4n) is 2.92. The van der Waals surface area contributed by atoms with Gasteiger partial charge in [0, 0.05) is 12.1 Å². The number of carbonyl (C=O) groups excluding carboxylic acids is 2. The van der Waals surface area contributed by atoms with Crippen molar-refractivity contribution in [2.75, 3.05) is 0 Å². The number of primary amides is 2. The monoisotopic (exact) mass is 322 g/mol. The van der Waals surface area contributed by atoms with Crippen molar-refractivity contribution in [3.63, 3.8) is 0 Å². The number of carbonyl (C=O) groups is 2. The standard InChI is InChI=1S/C18H18N4O2/c1-2-10-22-14-9-4-3-8-13(14)21-18(22)15-11(16(19)23)6-5-7-12(15)17(20)24/h3-9H,2,10H2,1H3,(H2,19,23)(H2,20,24). The molecule has 3 aromatic rings. The van der Waals surface area contributed by atoms with Gasteiger partial charge in [0.2, 0.25) is 11.8 Å². The number of aromatic nitrogens is 2. The first-order valence-electron chi connectivity index (χ1n) is 7.72. The van der Waals surface area contributed by atoms with Gasteiger partial charge in [0.25, 0.3) is 0 Å². The Hall–Kier alpha value is -3.15. The molecule has 1 aromatic heterocycles. The van der Waals surface area contributed by atoms with Crippen LogP contribution in [0.2, 0.25) is 0 Å². The first-order chi connectivity index (χ1) is 11.5. The summed E-state index contributed by atoms with van der Waals surface area (Å²) in [5.74, 6) is -0.715. The van der Waals surface area contributed by atoms with Crippen LogP contribution in [0.15, 0.2) is 42.5 Å². The van der Waals surface area contributed by atoms with Crippen molar-refractivity contribution >= 4 is 22.8 Å². The Morgan fingerprint density at radius 3 is 2.21 bits per heavy atom. The van der Waals surface area contributed by atoms with E-state index in [1.54, 1.807) is 18.2 Å². The average Bonchev–Trinajstić information content (AvgIpc) is 2.93. The molecule has 0 fully saturated rings. The first-order valence-corrected chi connectivity index (χ1v) is 7.72. The van der Waals surface area contributed by atoms with Crippen molar-refractivity contribution in [1.29, 1.82) is 0 Å². The van der Waals surface area contributed by atoms with Crippen LogP contribution in [0.4, 0.5) is 0 Å². The lowest BCUT2D eigenvalue weighted by Gasteiger charge is -2.13. The van der Waals surface area contributed by atoms with Gasteiger partial charge in [0.15, 0.2) is 0 Å². The van der Waals surface area contributed by atoms with Crippen molar-refractivity contribution in [3.8, 4) is 11.4 Å². The van der Waals surface area contributed by atoms with E-state index in [4.69, 9.17) is 11.5 Å². The summed E-state index contributed by atoms with van der Waals surface area (Å²) >= 11 is 0. The summed E-state index contributed by atoms with van der Waals surface area (Å²) in [6.45, 7) is 2.74. The number of rotatable bonds is 5. The fraction of sp³-hybridized carbons (Fsp3) is 0.167. The Morgan fingerprint density at radius 2 is 1.62 bits per heavy atom. The van der Waals surface area contributed by atoms with Crippen molar-refractivity contribution in [2.24, 2.45) is 11.5 Å². The SMILES string of the molecule is CCCn1c(-c2c(C(N)=O)cccc2C(N)=O)nc2ccccc21. The molecule has 0 saturated heterocycles. The number of benzene rings is 2. The molecular weight excluding hydrogens is 304 g/mol. The number of fused-ring (bicyclic) bond motifs is 1. The molecule has 0 atom stereocenters. The number of imidazole rings is 1. The van der Waals surface area contributed by atoms with E-state index in [0.717, 1.165) is 17.5 Å². The largest absolute Gasteiger partial charge is 0.366 e. The maximum Gasteiger partial charge on any atom is 0.249 e. The van der Waals surface area contributed by atoms with Crippen molar-refractivity contribution < 1.29 is 9.59 Å². The quantitative estimate of drug-likeness (QED) is 0.753. The number of hydrogen-bond donors (Lipinski definition) is 2. The number of para-hydroxylation sites is 2. The highest BCUT2D eigenvalue weighted by atomic mass is 16.1. The molecule has 0 aliphatic heterocycles. The van der Waals surface area contributed by atoms with Crippen LogP contribution in [0, 0.1) is 0 Å². The molecule has 6 nitrogen and oxygen atoms in total. The minimum Gasteiger partial charge on any atom is -0.366 e. The number of amides is 2. The zero-order valence-electron chi connectivity index (χ0n) is 13.3. The van der Waals surface area contributed by atoms with Gasteiger partial charge in [-0.15, -0.1) is 0 Å². The second-order valence-electron chi connectivity index (χ2n) is 5.53. The third-order valence-corrected chi connectivity index (χ3v) is 3.92. The van der Waals surface area contributed by atoms with Gasteiger partial charge in [-0.25, -0.2) is 4.98 Å². The van der Waals surface area contributed by atoms with Crippen molar-refractivity contribution in [1.82, 2.24) is 9.55 Å². The van der Waals surface area contributed by atoms with E-state index in [1.165, 1.54) is 0 Å². The summed E-state index contributed by atoms with van der Waals surface area (Å²) in [7, 11) is 0. The number of nitrogens with zero attached hydrogens (tertiary/aromatic N) is 2. The summed E-state index contributed by atoms with van der Waals surface area (Å²) in [5, 5.41) is 0. The van der Waals surface area contributed by atoms with E-state index < -0.39 is 11.8 Å². The summed E-state index contributed by atoms with van der Waals surface area (Å²) in [5.41, 5.74) is 13.6. The van der Waals surface area contributed by atoms with Crippen LogP contribution in [0.1, 0.15) is 34.1 Å². The molecule has 1 heterocycles. The normalized spacial score (nSPS) is 10.9. The van der Waals surface area contributed by atoms with Gasteiger partial charge in [-0.3, -0.25) is 9.59 Å². The Balaban J connectivity index is 2.41. The Bertz CT molecular complexity index is 911. The molecule has 2 aromatic carbocycles. The highest BCUT2D eigenvalue weighted by molar-refractivity contribution is 6.08. The first kappa shape index (κ1) is 15.7. The molecule has 0 spiro atoms. The maximum atomic E-state index is 11.9. The fourth-order valence-corrected chi connectivity index (χ4v) is 2.92. The van der Waals surface area contributed by atoms with E-state index in [9.17, 15) is 9.59 Å². The van der Waals surface area contributed by atoms with Gasteiger partial charge in [-0.2, -0.15) is 0 Å². The van der Waals surface area contributed by atoms with Crippen LogP contribution in [0.3, 0.4) is 0 Å². The van der Waals surface area contributed by atoms with Crippen LogP contribution in [-0.4, -0.2) is 21.4 Å². The van der Waals surface area contributed by atoms with Gasteiger partial charge < -0.3 is 16.0 Å². The Morgan fingerprint density at radius 1 is 1.00 bits per heavy atom. The second kappa shape index (κ2) is 6.16. The van der Waals surface area contributed by atoms with Crippen LogP contribution in [0.25, 0.3) is 22.4 Å². The van der Waals surface area contributed by atoms with E-state index in [0.29, 0.717) is 17.9 Å². The molecule has 3 rings (SSSR count). The maximum absolute atomic E-state index is 11.9. The molecule has 0 saturated carbocycles. The number of nitrogens with two attached hydrogens (primary N) is 2. The minimum absolute atomic E-state index is 0.235. The van der Waals surface area contributed by atoms with E-state index in [2.05, 4.69) is 4.98 Å². The van der Waals surface area contributed by atoms with E-state index >= 15 is 0 Å². The molecule has 0 radical (unpaired) electrons. The van der Waals surface area contributed by atoms with Gasteiger partial charge in [-0.1, -0.05) is 25.1 Å². The molecule has 0 aliphatic rings. The molecule has 0 unspecified atom stereocenters. The molecule has 24 heavy (non-hydrogen) atoms. The van der Waals surface area contributed by atoms with Crippen LogP contribution in [-0.2, 0) is 6.54 Å². The van der Waals surface area contributed by atoms with Gasteiger partial charge in [0.05, 0.1) is 22.2 Å². The summed E-state index contributed by atoms with van der Waals surface area (Å²) < 4.78 is 1.99. The molecule has 2 amide bonds. The molecule has 6 heteroatoms. The summed E-state index contributed by atoms with van der Waals surface area (Å²) in [6, 6.07) is 12.4. The second-order valence-corrected chi connectivity index (χ2v) is 5.53. The van der Waals surface area contributed by atoms with Gasteiger partial charge in [-0.05, 0) is 30.7 Å². The lowest BCUT2D eigenvalue weighted by Crippen LogP contribution is -2.19. The zero-order valence-corrected chi connectivity index (χ0v) is 13.3. The van der Waals surface area contributed by atoms with Crippen molar-refractivity contribution in [3.05, 3.63) is 53.6 Å². The van der Waals surface area contributed by atoms with E-state index in [-0.39, 0.29) is 11.1 Å². The third kappa shape index (κ3) is 2.52. The zero-order chi connectivity index (χ0) is 17.3. The molecule has 0 aliphatic carbocycles. The highest BCUT2D eigenvalue weighted by Gasteiger charge is 2.22. The highest BCUT2D eigenvalue weighted by Crippen LogP contribution is 2.30. The smallest absolute Gasteiger partial charge is 0.249 e. The average molecular weight is 322 g/mol. The Kier molecular flexibility index (Phi) is 4.04. The van der Waals surface area contributed by atoms with E-state index in [1.807, 2.05) is 35.8 Å². The van der Waals surface area contributed by atoms with Crippen molar-refractivity contribution in [2.45, 2.75) is 19.9 Å². The molecule has 4 N–H and O–H groups in total. The molecular formula is C18H18N4O2. The summed E-state index contributed by atoms with van der Waals surface area (Å²) in [6.07, 6.45) is 0.873. The lowest BCUT2D eigenvalue weighted by atomic mass is 9.99. The predicted octanol–water partition coefficient (Wildman–Crippen LogP) is 2.31. The third-order valence-electron chi connectivity index (χ3n) is 3.92. The number of hydrogen-bond acceptors (Lipinski definition) is 3. The van der Waals surface area contributed by atoms with Crippen LogP contribution < -0.4 is 11.5 Å². The predicted molar refractivity (Wildman–Crippen MR) is 92.5 cm³/mol. The Labute approximate surface area is 139 Å². The topological polar surface area (TPSA) is 104 Å². The van der Waals surface area contributed by atoms with Crippen LogP contribution >= 0.6 is 0 Å². The van der Waals surface area contributed by atoms with Gasteiger partial charge >= 0.3 is 0 Å². The molecule has 0 bridgehead atoms. The minimum atomic E-state index is -0.622. The number of aryl methyl sites for hydroxylation is 1.